The van der Waals surface area contributed by atoms with E-state index in [-0.39, 0.29) is 0 Å². The molecule has 0 radical (unpaired) electrons. The fourth-order valence-corrected chi connectivity index (χ4v) is 2.09. The third-order valence-electron chi connectivity index (χ3n) is 3.02. The summed E-state index contributed by atoms with van der Waals surface area (Å²) in [5.41, 5.74) is 1.30. The van der Waals surface area contributed by atoms with Crippen molar-refractivity contribution >= 4 is 5.69 Å². The molecule has 3 nitrogen and oxygen atoms in total. The number of hydrogen-bond donors (Lipinski definition) is 1. The van der Waals surface area contributed by atoms with Gasteiger partial charge in [-0.3, -0.25) is 0 Å². The molecule has 3 heteroatoms. The standard InChI is InChI=1S/C12H18N2O/c1-10-9-13-7-8-14(10)11-3-5-12(15-2)6-4-11/h3-6,10,13H,7-9H2,1-2H3/p+1/t10-/m0/s1. The molecule has 1 aromatic carbocycles. The Labute approximate surface area is 91.0 Å². The van der Waals surface area contributed by atoms with Crippen molar-refractivity contribution in [2.75, 3.05) is 31.6 Å². The van der Waals surface area contributed by atoms with Crippen LogP contribution in [0.5, 0.6) is 5.75 Å². The van der Waals surface area contributed by atoms with Crippen molar-refractivity contribution in [1.82, 2.24) is 0 Å². The van der Waals surface area contributed by atoms with Gasteiger partial charge in [0, 0.05) is 5.69 Å². The largest absolute Gasteiger partial charge is 0.497 e. The maximum atomic E-state index is 5.16. The Morgan fingerprint density at radius 2 is 2.07 bits per heavy atom. The third kappa shape index (κ3) is 2.23. The normalized spacial score (nSPS) is 21.5. The van der Waals surface area contributed by atoms with Crippen molar-refractivity contribution in [2.24, 2.45) is 0 Å². The maximum Gasteiger partial charge on any atom is 0.119 e. The average Bonchev–Trinajstić information content (AvgIpc) is 2.30. The van der Waals surface area contributed by atoms with Crippen LogP contribution in [0, 0.1) is 0 Å². The van der Waals surface area contributed by atoms with Crippen LogP contribution in [-0.4, -0.2) is 32.8 Å². The van der Waals surface area contributed by atoms with Crippen LogP contribution in [0.1, 0.15) is 6.92 Å². The third-order valence-corrected chi connectivity index (χ3v) is 3.02. The van der Waals surface area contributed by atoms with Crippen LogP contribution in [0.2, 0.25) is 0 Å². The van der Waals surface area contributed by atoms with Crippen LogP contribution in [0.4, 0.5) is 5.69 Å². The molecule has 2 N–H and O–H groups in total. The van der Waals surface area contributed by atoms with Gasteiger partial charge in [0.2, 0.25) is 0 Å². The van der Waals surface area contributed by atoms with Crippen molar-refractivity contribution in [3.05, 3.63) is 24.3 Å². The summed E-state index contributed by atoms with van der Waals surface area (Å²) in [4.78, 5) is 2.46. The molecule has 0 aromatic heterocycles. The molecule has 1 fully saturated rings. The van der Waals surface area contributed by atoms with Gasteiger partial charge in [-0.2, -0.15) is 0 Å². The molecule has 1 heterocycles. The van der Waals surface area contributed by atoms with E-state index in [0.717, 1.165) is 12.3 Å². The van der Waals surface area contributed by atoms with E-state index in [0.29, 0.717) is 6.04 Å². The number of quaternary nitrogens is 1. The highest BCUT2D eigenvalue weighted by molar-refractivity contribution is 5.50. The molecule has 2 rings (SSSR count). The highest BCUT2D eigenvalue weighted by Crippen LogP contribution is 2.20. The summed E-state index contributed by atoms with van der Waals surface area (Å²) < 4.78 is 5.16. The van der Waals surface area contributed by atoms with Crippen LogP contribution < -0.4 is 15.0 Å². The molecule has 0 unspecified atom stereocenters. The Balaban J connectivity index is 2.13. The van der Waals surface area contributed by atoms with E-state index in [1.165, 1.54) is 18.8 Å². The van der Waals surface area contributed by atoms with Gasteiger partial charge in [-0.25, -0.2) is 0 Å². The summed E-state index contributed by atoms with van der Waals surface area (Å²) in [6.45, 7) is 5.79. The number of hydrogen-bond acceptors (Lipinski definition) is 2. The van der Waals surface area contributed by atoms with Gasteiger partial charge in [-0.05, 0) is 31.2 Å². The Bertz CT molecular complexity index is 310. The second-order valence-electron chi connectivity index (χ2n) is 4.05. The van der Waals surface area contributed by atoms with Crippen molar-refractivity contribution in [3.63, 3.8) is 0 Å². The van der Waals surface area contributed by atoms with Crippen LogP contribution in [0.25, 0.3) is 0 Å². The number of benzene rings is 1. The molecule has 82 valence electrons. The van der Waals surface area contributed by atoms with Gasteiger partial charge in [-0.15, -0.1) is 0 Å². The fraction of sp³-hybridized carbons (Fsp3) is 0.500. The minimum atomic E-state index is 0.618. The van der Waals surface area contributed by atoms with Crippen LogP contribution in [0.15, 0.2) is 24.3 Å². The van der Waals surface area contributed by atoms with E-state index >= 15 is 0 Å². The van der Waals surface area contributed by atoms with Gasteiger partial charge in [0.15, 0.2) is 0 Å². The SMILES string of the molecule is COc1ccc(N2CC[NH2+]C[C@@H]2C)cc1. The summed E-state index contributed by atoms with van der Waals surface area (Å²) in [5, 5.41) is 2.38. The number of anilines is 1. The highest BCUT2D eigenvalue weighted by Gasteiger charge is 2.20. The van der Waals surface area contributed by atoms with E-state index in [4.69, 9.17) is 4.74 Å². The number of piperazine rings is 1. The second-order valence-corrected chi connectivity index (χ2v) is 4.05. The zero-order valence-corrected chi connectivity index (χ0v) is 9.44. The minimum Gasteiger partial charge on any atom is -0.497 e. The first-order valence-electron chi connectivity index (χ1n) is 5.53. The molecule has 0 saturated carbocycles. The molecule has 0 aliphatic carbocycles. The first-order chi connectivity index (χ1) is 7.31. The Hall–Kier alpha value is -1.22. The summed E-state index contributed by atoms with van der Waals surface area (Å²) in [6.07, 6.45) is 0. The first kappa shape index (κ1) is 10.3. The fourth-order valence-electron chi connectivity index (χ4n) is 2.09. The number of nitrogens with zero attached hydrogens (tertiary/aromatic N) is 1. The molecule has 0 bridgehead atoms. The number of ether oxygens (including phenoxy) is 1. The summed E-state index contributed by atoms with van der Waals surface area (Å²) in [7, 11) is 1.70. The summed E-state index contributed by atoms with van der Waals surface area (Å²) >= 11 is 0. The molecule has 1 aliphatic heterocycles. The zero-order chi connectivity index (χ0) is 10.7. The lowest BCUT2D eigenvalue weighted by atomic mass is 10.2. The molecule has 0 amide bonds. The van der Waals surface area contributed by atoms with Crippen molar-refractivity contribution in [1.29, 1.82) is 0 Å². The molecule has 0 spiro atoms. The number of nitrogens with two attached hydrogens (primary N) is 1. The Kier molecular flexibility index (Phi) is 3.11. The monoisotopic (exact) mass is 207 g/mol. The van der Waals surface area contributed by atoms with Crippen molar-refractivity contribution in [2.45, 2.75) is 13.0 Å². The first-order valence-corrected chi connectivity index (χ1v) is 5.53. The minimum absolute atomic E-state index is 0.618. The van der Waals surface area contributed by atoms with Gasteiger partial charge >= 0.3 is 0 Å². The van der Waals surface area contributed by atoms with Crippen LogP contribution >= 0.6 is 0 Å². The van der Waals surface area contributed by atoms with Gasteiger partial charge in [0.05, 0.1) is 32.8 Å². The van der Waals surface area contributed by atoms with Crippen molar-refractivity contribution in [3.8, 4) is 5.75 Å². The van der Waals surface area contributed by atoms with Gasteiger partial charge < -0.3 is 15.0 Å². The highest BCUT2D eigenvalue weighted by atomic mass is 16.5. The lowest BCUT2D eigenvalue weighted by Gasteiger charge is -2.33. The molecule has 1 aromatic rings. The smallest absolute Gasteiger partial charge is 0.119 e. The quantitative estimate of drug-likeness (QED) is 0.763. The van der Waals surface area contributed by atoms with Crippen LogP contribution in [-0.2, 0) is 0 Å². The number of rotatable bonds is 2. The molecule has 1 saturated heterocycles. The van der Waals surface area contributed by atoms with Gasteiger partial charge in [0.1, 0.15) is 5.75 Å². The van der Waals surface area contributed by atoms with Crippen LogP contribution in [0.3, 0.4) is 0 Å². The van der Waals surface area contributed by atoms with E-state index in [1.54, 1.807) is 7.11 Å². The Morgan fingerprint density at radius 3 is 2.67 bits per heavy atom. The van der Waals surface area contributed by atoms with E-state index in [9.17, 15) is 0 Å². The topological polar surface area (TPSA) is 29.1 Å². The predicted octanol–water partition coefficient (Wildman–Crippen LogP) is 0.467. The van der Waals surface area contributed by atoms with E-state index in [1.807, 2.05) is 12.1 Å². The van der Waals surface area contributed by atoms with Crippen molar-refractivity contribution < 1.29 is 10.1 Å². The van der Waals surface area contributed by atoms with E-state index in [2.05, 4.69) is 29.3 Å². The molecular formula is C12H19N2O+. The Morgan fingerprint density at radius 1 is 1.33 bits per heavy atom. The molecule has 1 aliphatic rings. The van der Waals surface area contributed by atoms with E-state index < -0.39 is 0 Å². The molecule has 1 atom stereocenters. The predicted molar refractivity (Wildman–Crippen MR) is 61.5 cm³/mol. The lowest BCUT2D eigenvalue weighted by Crippen LogP contribution is -2.91. The molecular weight excluding hydrogens is 188 g/mol. The van der Waals surface area contributed by atoms with Gasteiger partial charge in [-0.1, -0.05) is 0 Å². The zero-order valence-electron chi connectivity index (χ0n) is 9.44. The maximum absolute atomic E-state index is 5.16. The number of methoxy groups -OCH3 is 1. The van der Waals surface area contributed by atoms with Gasteiger partial charge in [0.25, 0.3) is 0 Å². The summed E-state index contributed by atoms with van der Waals surface area (Å²) in [5.74, 6) is 0.926. The molecule has 15 heavy (non-hydrogen) atoms. The lowest BCUT2D eigenvalue weighted by molar-refractivity contribution is -0.659. The second kappa shape index (κ2) is 4.53. The average molecular weight is 207 g/mol. The summed E-state index contributed by atoms with van der Waals surface area (Å²) in [6, 6.07) is 8.95.